The summed E-state index contributed by atoms with van der Waals surface area (Å²) in [6, 6.07) is 2.22. The zero-order valence-electron chi connectivity index (χ0n) is 15.8. The summed E-state index contributed by atoms with van der Waals surface area (Å²) in [6.07, 6.45) is -1.68. The SMILES string of the molecule is CC(C)OCc1ncn2c1CN(Cc1ccsc1)CCC2.O=C(O)C(F)(F)F. The van der Waals surface area contributed by atoms with Gasteiger partial charge in [0.15, 0.2) is 0 Å². The molecule has 10 heteroatoms. The molecule has 1 N–H and O–H groups in total. The lowest BCUT2D eigenvalue weighted by Crippen LogP contribution is -2.23. The molecule has 0 aliphatic carbocycles. The van der Waals surface area contributed by atoms with Crippen LogP contribution in [0.15, 0.2) is 23.2 Å². The maximum absolute atomic E-state index is 10.6. The maximum atomic E-state index is 10.6. The van der Waals surface area contributed by atoms with Gasteiger partial charge in [0.1, 0.15) is 0 Å². The van der Waals surface area contributed by atoms with Gasteiger partial charge in [0, 0.05) is 26.2 Å². The first-order chi connectivity index (χ1) is 13.2. The Hall–Kier alpha value is -1.91. The zero-order chi connectivity index (χ0) is 20.7. The van der Waals surface area contributed by atoms with Gasteiger partial charge in [-0.25, -0.2) is 9.78 Å². The van der Waals surface area contributed by atoms with Crippen molar-refractivity contribution in [2.24, 2.45) is 0 Å². The number of hydrogen-bond acceptors (Lipinski definition) is 5. The van der Waals surface area contributed by atoms with E-state index in [0.717, 1.165) is 31.9 Å². The molecule has 3 heterocycles. The van der Waals surface area contributed by atoms with E-state index in [-0.39, 0.29) is 6.10 Å². The molecule has 28 heavy (non-hydrogen) atoms. The molecule has 0 fully saturated rings. The van der Waals surface area contributed by atoms with Gasteiger partial charge in [-0.3, -0.25) is 4.90 Å². The number of fused-ring (bicyclic) bond motifs is 1. The van der Waals surface area contributed by atoms with Gasteiger partial charge in [-0.15, -0.1) is 0 Å². The van der Waals surface area contributed by atoms with Crippen molar-refractivity contribution in [1.82, 2.24) is 14.5 Å². The van der Waals surface area contributed by atoms with E-state index in [2.05, 4.69) is 45.1 Å². The van der Waals surface area contributed by atoms with E-state index in [4.69, 9.17) is 14.6 Å². The first kappa shape index (κ1) is 22.4. The number of aromatic nitrogens is 2. The normalized spacial score (nSPS) is 14.9. The van der Waals surface area contributed by atoms with Gasteiger partial charge in [-0.1, -0.05) is 0 Å². The Labute approximate surface area is 165 Å². The summed E-state index contributed by atoms with van der Waals surface area (Å²) in [5.74, 6) is -2.76. The third-order valence-electron chi connectivity index (χ3n) is 4.06. The summed E-state index contributed by atoms with van der Waals surface area (Å²) in [4.78, 5) is 16.0. The Morgan fingerprint density at radius 2 is 2.11 bits per heavy atom. The zero-order valence-corrected chi connectivity index (χ0v) is 16.6. The smallest absolute Gasteiger partial charge is 0.475 e. The van der Waals surface area contributed by atoms with Gasteiger partial charge in [0.25, 0.3) is 0 Å². The van der Waals surface area contributed by atoms with Crippen LogP contribution < -0.4 is 0 Å². The largest absolute Gasteiger partial charge is 0.490 e. The van der Waals surface area contributed by atoms with E-state index < -0.39 is 12.1 Å². The molecule has 1 aliphatic rings. The number of carboxylic acid groups (broad SMARTS) is 1. The lowest BCUT2D eigenvalue weighted by molar-refractivity contribution is -0.192. The average molecular weight is 419 g/mol. The van der Waals surface area contributed by atoms with E-state index in [1.807, 2.05) is 6.33 Å². The Morgan fingerprint density at radius 1 is 1.39 bits per heavy atom. The third-order valence-corrected chi connectivity index (χ3v) is 4.79. The standard InChI is InChI=1S/C16H23N3OS.C2HF3O2/c1-13(2)20-10-15-16-9-18(8-14-4-7-21-11-14)5-3-6-19(16)12-17-15;3-2(4,5)1(6)7/h4,7,11-13H,3,5-6,8-10H2,1-2H3;(H,6,7). The lowest BCUT2D eigenvalue weighted by Gasteiger charge is -2.19. The number of imidazole rings is 1. The minimum atomic E-state index is -5.08. The summed E-state index contributed by atoms with van der Waals surface area (Å²) >= 11 is 1.77. The highest BCUT2D eigenvalue weighted by atomic mass is 32.1. The van der Waals surface area contributed by atoms with Crippen LogP contribution >= 0.6 is 11.3 Å². The van der Waals surface area contributed by atoms with Crippen molar-refractivity contribution < 1.29 is 27.8 Å². The van der Waals surface area contributed by atoms with Crippen LogP contribution in [0.5, 0.6) is 0 Å². The van der Waals surface area contributed by atoms with Crippen LogP contribution in [0.4, 0.5) is 13.2 Å². The first-order valence-corrected chi connectivity index (χ1v) is 9.79. The highest BCUT2D eigenvalue weighted by Crippen LogP contribution is 2.20. The predicted octanol–water partition coefficient (Wildman–Crippen LogP) is 3.91. The molecule has 1 aliphatic heterocycles. The number of thiophene rings is 1. The second-order valence-corrected chi connectivity index (χ2v) is 7.47. The number of aryl methyl sites for hydroxylation is 1. The highest BCUT2D eigenvalue weighted by molar-refractivity contribution is 7.07. The second kappa shape index (κ2) is 10.0. The lowest BCUT2D eigenvalue weighted by atomic mass is 10.2. The van der Waals surface area contributed by atoms with Crippen LogP contribution in [0, 0.1) is 0 Å². The van der Waals surface area contributed by atoms with E-state index in [0.29, 0.717) is 6.61 Å². The fourth-order valence-corrected chi connectivity index (χ4v) is 3.38. The number of nitrogens with zero attached hydrogens (tertiary/aromatic N) is 3. The van der Waals surface area contributed by atoms with Gasteiger partial charge in [-0.2, -0.15) is 24.5 Å². The molecular weight excluding hydrogens is 395 g/mol. The van der Waals surface area contributed by atoms with E-state index in [1.54, 1.807) is 11.3 Å². The molecule has 0 amide bonds. The predicted molar refractivity (Wildman–Crippen MR) is 98.9 cm³/mol. The summed E-state index contributed by atoms with van der Waals surface area (Å²) in [6.45, 7) is 8.94. The van der Waals surface area contributed by atoms with Crippen LogP contribution in [-0.2, 0) is 35.8 Å². The second-order valence-electron chi connectivity index (χ2n) is 6.69. The van der Waals surface area contributed by atoms with Crippen molar-refractivity contribution in [3.05, 3.63) is 40.1 Å². The Balaban J connectivity index is 0.000000345. The Kier molecular flexibility index (Phi) is 8.02. The number of aliphatic carboxylic acids is 1. The van der Waals surface area contributed by atoms with Crippen molar-refractivity contribution in [3.63, 3.8) is 0 Å². The minimum absolute atomic E-state index is 0.245. The van der Waals surface area contributed by atoms with Gasteiger partial charge < -0.3 is 14.4 Å². The molecule has 2 aromatic rings. The van der Waals surface area contributed by atoms with Gasteiger partial charge in [0.2, 0.25) is 0 Å². The van der Waals surface area contributed by atoms with Gasteiger partial charge in [-0.05, 0) is 42.7 Å². The summed E-state index contributed by atoms with van der Waals surface area (Å²) in [5, 5.41) is 11.5. The number of ether oxygens (including phenoxy) is 1. The molecule has 0 atom stereocenters. The quantitative estimate of drug-likeness (QED) is 0.796. The number of halogens is 3. The minimum Gasteiger partial charge on any atom is -0.475 e. The van der Waals surface area contributed by atoms with Crippen molar-refractivity contribution >= 4 is 17.3 Å². The molecule has 6 nitrogen and oxygen atoms in total. The van der Waals surface area contributed by atoms with Crippen LogP contribution in [0.25, 0.3) is 0 Å². The van der Waals surface area contributed by atoms with Crippen LogP contribution in [-0.4, -0.2) is 44.4 Å². The summed E-state index contributed by atoms with van der Waals surface area (Å²) < 4.78 is 39.8. The molecule has 0 saturated heterocycles. The highest BCUT2D eigenvalue weighted by Gasteiger charge is 2.38. The summed E-state index contributed by atoms with van der Waals surface area (Å²) in [7, 11) is 0. The number of carboxylic acids is 1. The number of carbonyl (C=O) groups is 1. The molecular formula is C18H24F3N3O3S. The van der Waals surface area contributed by atoms with Crippen molar-refractivity contribution in [1.29, 1.82) is 0 Å². The molecule has 0 saturated carbocycles. The number of alkyl halides is 3. The summed E-state index contributed by atoms with van der Waals surface area (Å²) in [5.41, 5.74) is 3.83. The molecule has 0 aromatic carbocycles. The van der Waals surface area contributed by atoms with Crippen molar-refractivity contribution in [2.45, 2.75) is 58.8 Å². The van der Waals surface area contributed by atoms with Gasteiger partial charge >= 0.3 is 12.1 Å². The molecule has 2 aromatic heterocycles. The van der Waals surface area contributed by atoms with Crippen LogP contribution in [0.3, 0.4) is 0 Å². The Morgan fingerprint density at radius 3 is 2.68 bits per heavy atom. The average Bonchev–Trinajstić information content (AvgIpc) is 3.19. The fourth-order valence-electron chi connectivity index (χ4n) is 2.72. The molecule has 156 valence electrons. The third kappa shape index (κ3) is 6.92. The van der Waals surface area contributed by atoms with E-state index in [9.17, 15) is 13.2 Å². The number of rotatable bonds is 5. The number of hydrogen-bond donors (Lipinski definition) is 1. The van der Waals surface area contributed by atoms with Crippen LogP contribution in [0.2, 0.25) is 0 Å². The maximum Gasteiger partial charge on any atom is 0.490 e. The fraction of sp³-hybridized carbons (Fsp3) is 0.556. The molecule has 0 bridgehead atoms. The molecule has 3 rings (SSSR count). The first-order valence-electron chi connectivity index (χ1n) is 8.85. The van der Waals surface area contributed by atoms with Crippen LogP contribution in [0.1, 0.15) is 37.2 Å². The van der Waals surface area contributed by atoms with E-state index in [1.165, 1.54) is 17.7 Å². The topological polar surface area (TPSA) is 67.6 Å². The van der Waals surface area contributed by atoms with Crippen molar-refractivity contribution in [3.8, 4) is 0 Å². The monoisotopic (exact) mass is 419 g/mol. The Bertz CT molecular complexity index is 745. The molecule has 0 radical (unpaired) electrons. The molecule has 0 unspecified atom stereocenters. The molecule has 0 spiro atoms. The van der Waals surface area contributed by atoms with Crippen molar-refractivity contribution in [2.75, 3.05) is 6.54 Å². The van der Waals surface area contributed by atoms with E-state index >= 15 is 0 Å². The van der Waals surface area contributed by atoms with Gasteiger partial charge in [0.05, 0.1) is 30.4 Å².